The molecule has 0 radical (unpaired) electrons. The van der Waals surface area contributed by atoms with Gasteiger partial charge in [0.15, 0.2) is 0 Å². The Morgan fingerprint density at radius 2 is 2.00 bits per heavy atom. The van der Waals surface area contributed by atoms with Gasteiger partial charge in [-0.15, -0.1) is 11.8 Å². The molecule has 2 nitrogen and oxygen atoms in total. The Morgan fingerprint density at radius 1 is 1.35 bits per heavy atom. The second-order valence-electron chi connectivity index (χ2n) is 4.46. The van der Waals surface area contributed by atoms with Crippen LogP contribution in [-0.4, -0.2) is 18.3 Å². The summed E-state index contributed by atoms with van der Waals surface area (Å²) in [6.07, 6.45) is 1.93. The van der Waals surface area contributed by atoms with Gasteiger partial charge in [-0.1, -0.05) is 17.7 Å². The lowest BCUT2D eigenvalue weighted by Gasteiger charge is -2.20. The lowest BCUT2D eigenvalue weighted by Crippen LogP contribution is -2.37. The van der Waals surface area contributed by atoms with Crippen molar-refractivity contribution in [2.24, 2.45) is 0 Å². The van der Waals surface area contributed by atoms with E-state index < -0.39 is 0 Å². The molecule has 0 saturated carbocycles. The topological polar surface area (TPSA) is 35.8 Å². The molecule has 0 aromatic heterocycles. The lowest BCUT2D eigenvalue weighted by atomic mass is 9.99. The Hall–Kier alpha value is -0.980. The molecule has 0 bridgehead atoms. The SMILES string of the molecule is CNC(C)(C#N)CCCSc1ccc(C)cc1. The van der Waals surface area contributed by atoms with Crippen molar-refractivity contribution in [3.8, 4) is 6.07 Å². The Morgan fingerprint density at radius 3 is 2.53 bits per heavy atom. The zero-order chi connectivity index (χ0) is 12.7. The minimum absolute atomic E-state index is 0.381. The average molecular weight is 248 g/mol. The van der Waals surface area contributed by atoms with Crippen molar-refractivity contribution in [2.75, 3.05) is 12.8 Å². The predicted molar refractivity (Wildman–Crippen MR) is 74.2 cm³/mol. The number of rotatable bonds is 6. The molecule has 1 atom stereocenters. The van der Waals surface area contributed by atoms with E-state index in [1.54, 1.807) is 0 Å². The molecule has 92 valence electrons. The fraction of sp³-hybridized carbons (Fsp3) is 0.500. The first kappa shape index (κ1) is 14.1. The summed E-state index contributed by atoms with van der Waals surface area (Å²) in [5.74, 6) is 1.06. The number of nitrogens with zero attached hydrogens (tertiary/aromatic N) is 1. The van der Waals surface area contributed by atoms with Crippen LogP contribution in [0.25, 0.3) is 0 Å². The lowest BCUT2D eigenvalue weighted by molar-refractivity contribution is 0.451. The summed E-state index contributed by atoms with van der Waals surface area (Å²) >= 11 is 1.85. The first-order valence-electron chi connectivity index (χ1n) is 5.89. The third-order valence-corrected chi connectivity index (χ3v) is 4.01. The van der Waals surface area contributed by atoms with E-state index in [1.807, 2.05) is 25.7 Å². The highest BCUT2D eigenvalue weighted by Gasteiger charge is 2.19. The van der Waals surface area contributed by atoms with Crippen LogP contribution in [0.2, 0.25) is 0 Å². The summed E-state index contributed by atoms with van der Waals surface area (Å²) in [5.41, 5.74) is 0.912. The van der Waals surface area contributed by atoms with Gasteiger partial charge >= 0.3 is 0 Å². The minimum Gasteiger partial charge on any atom is -0.303 e. The fourth-order valence-corrected chi connectivity index (χ4v) is 2.34. The van der Waals surface area contributed by atoms with Crippen LogP contribution in [0.5, 0.6) is 0 Å². The van der Waals surface area contributed by atoms with Gasteiger partial charge in [0.2, 0.25) is 0 Å². The van der Waals surface area contributed by atoms with Gasteiger partial charge in [-0.2, -0.15) is 5.26 Å². The fourth-order valence-electron chi connectivity index (χ4n) is 1.49. The summed E-state index contributed by atoms with van der Waals surface area (Å²) < 4.78 is 0. The van der Waals surface area contributed by atoms with Gasteiger partial charge in [0.05, 0.1) is 6.07 Å². The maximum Gasteiger partial charge on any atom is 0.103 e. The van der Waals surface area contributed by atoms with Gasteiger partial charge < -0.3 is 5.32 Å². The van der Waals surface area contributed by atoms with Crippen LogP contribution in [0.3, 0.4) is 0 Å². The molecule has 1 aromatic carbocycles. The molecule has 0 aliphatic heterocycles. The van der Waals surface area contributed by atoms with Gasteiger partial charge in [0, 0.05) is 4.90 Å². The molecule has 0 amide bonds. The quantitative estimate of drug-likeness (QED) is 0.619. The monoisotopic (exact) mass is 248 g/mol. The minimum atomic E-state index is -0.381. The van der Waals surface area contributed by atoms with Crippen molar-refractivity contribution in [1.29, 1.82) is 5.26 Å². The van der Waals surface area contributed by atoms with Crippen LogP contribution in [0, 0.1) is 18.3 Å². The van der Waals surface area contributed by atoms with E-state index in [0.29, 0.717) is 0 Å². The molecule has 0 aliphatic carbocycles. The summed E-state index contributed by atoms with van der Waals surface area (Å²) in [6.45, 7) is 4.04. The molecule has 0 fully saturated rings. The van der Waals surface area contributed by atoms with Crippen LogP contribution in [-0.2, 0) is 0 Å². The van der Waals surface area contributed by atoms with E-state index in [2.05, 4.69) is 42.6 Å². The zero-order valence-electron chi connectivity index (χ0n) is 10.8. The molecule has 1 unspecified atom stereocenters. The number of hydrogen-bond acceptors (Lipinski definition) is 3. The van der Waals surface area contributed by atoms with Gasteiger partial charge in [0.1, 0.15) is 5.54 Å². The Balaban J connectivity index is 2.29. The standard InChI is InChI=1S/C14H20N2S/c1-12-5-7-13(8-6-12)17-10-4-9-14(2,11-15)16-3/h5-8,16H,4,9-10H2,1-3H3. The van der Waals surface area contributed by atoms with Crippen molar-refractivity contribution in [3.05, 3.63) is 29.8 Å². The van der Waals surface area contributed by atoms with Gasteiger partial charge in [-0.05, 0) is 51.6 Å². The molecule has 0 saturated heterocycles. The van der Waals surface area contributed by atoms with E-state index in [9.17, 15) is 0 Å². The number of hydrogen-bond donors (Lipinski definition) is 1. The van der Waals surface area contributed by atoms with Crippen LogP contribution in [0.1, 0.15) is 25.3 Å². The normalized spacial score (nSPS) is 14.0. The molecule has 1 rings (SSSR count). The van der Waals surface area contributed by atoms with Gasteiger partial charge in [0.25, 0.3) is 0 Å². The maximum atomic E-state index is 9.01. The van der Waals surface area contributed by atoms with Crippen LogP contribution >= 0.6 is 11.8 Å². The molecule has 0 spiro atoms. The number of benzene rings is 1. The highest BCUT2D eigenvalue weighted by molar-refractivity contribution is 7.99. The van der Waals surface area contributed by atoms with Gasteiger partial charge in [-0.3, -0.25) is 0 Å². The number of thioether (sulfide) groups is 1. The first-order chi connectivity index (χ1) is 8.09. The molecule has 1 N–H and O–H groups in total. The second kappa shape index (κ2) is 6.68. The van der Waals surface area contributed by atoms with Crippen molar-refractivity contribution >= 4 is 11.8 Å². The van der Waals surface area contributed by atoms with Crippen LogP contribution in [0.15, 0.2) is 29.2 Å². The third-order valence-electron chi connectivity index (χ3n) is 2.91. The van der Waals surface area contributed by atoms with Crippen molar-refractivity contribution in [3.63, 3.8) is 0 Å². The summed E-state index contributed by atoms with van der Waals surface area (Å²) in [7, 11) is 1.84. The van der Waals surface area contributed by atoms with Crippen molar-refractivity contribution in [1.82, 2.24) is 5.32 Å². The second-order valence-corrected chi connectivity index (χ2v) is 5.63. The highest BCUT2D eigenvalue weighted by atomic mass is 32.2. The molecule has 1 aromatic rings. The Labute approximate surface area is 108 Å². The summed E-state index contributed by atoms with van der Waals surface area (Å²) in [4.78, 5) is 1.30. The average Bonchev–Trinajstić information content (AvgIpc) is 2.36. The largest absolute Gasteiger partial charge is 0.303 e. The molecule has 17 heavy (non-hydrogen) atoms. The van der Waals surface area contributed by atoms with Crippen molar-refractivity contribution < 1.29 is 0 Å². The maximum absolute atomic E-state index is 9.01. The Bertz CT molecular complexity index is 380. The van der Waals surface area contributed by atoms with Gasteiger partial charge in [-0.25, -0.2) is 0 Å². The van der Waals surface area contributed by atoms with Crippen LogP contribution in [0.4, 0.5) is 0 Å². The third kappa shape index (κ3) is 4.80. The Kier molecular flexibility index (Phi) is 5.54. The highest BCUT2D eigenvalue weighted by Crippen LogP contribution is 2.21. The van der Waals surface area contributed by atoms with E-state index in [0.717, 1.165) is 18.6 Å². The molecule has 0 heterocycles. The van der Waals surface area contributed by atoms with Crippen LogP contribution < -0.4 is 5.32 Å². The van der Waals surface area contributed by atoms with Crippen molar-refractivity contribution in [2.45, 2.75) is 37.1 Å². The summed E-state index contributed by atoms with van der Waals surface area (Å²) in [5, 5.41) is 12.1. The summed E-state index contributed by atoms with van der Waals surface area (Å²) in [6, 6.07) is 10.9. The van der Waals surface area contributed by atoms with E-state index >= 15 is 0 Å². The zero-order valence-corrected chi connectivity index (χ0v) is 11.6. The molecular weight excluding hydrogens is 228 g/mol. The molecular formula is C14H20N2S. The molecule has 3 heteroatoms. The number of nitrogens with one attached hydrogen (secondary N) is 1. The van der Waals surface area contributed by atoms with E-state index in [-0.39, 0.29) is 5.54 Å². The van der Waals surface area contributed by atoms with E-state index in [1.165, 1.54) is 10.5 Å². The predicted octanol–water partition coefficient (Wildman–Crippen LogP) is 3.37. The first-order valence-corrected chi connectivity index (χ1v) is 6.88. The van der Waals surface area contributed by atoms with E-state index in [4.69, 9.17) is 5.26 Å². The smallest absolute Gasteiger partial charge is 0.103 e. The molecule has 0 aliphatic rings. The number of nitriles is 1. The number of aryl methyl sites for hydroxylation is 1.